The maximum absolute atomic E-state index is 13.1. The van der Waals surface area contributed by atoms with Crippen molar-refractivity contribution in [2.75, 3.05) is 6.54 Å². The van der Waals surface area contributed by atoms with E-state index < -0.39 is 11.7 Å². The average molecular weight is 527 g/mol. The summed E-state index contributed by atoms with van der Waals surface area (Å²) in [7, 11) is 0. The molecule has 0 aliphatic rings. The second-order valence-corrected chi connectivity index (χ2v) is 11.1. The summed E-state index contributed by atoms with van der Waals surface area (Å²) in [4.78, 5) is 29.7. The molecular weight excluding hydrogens is 488 g/mol. The summed E-state index contributed by atoms with van der Waals surface area (Å²) in [6.07, 6.45) is -0.0153. The standard InChI is InChI=1S/C32H38N4O3/c1-22-11-15-25(16-12-22)19-27(20-33-24(3)37)36-29-10-8-7-9-28(29)35(21-26-17-13-23(2)14-18-26)30(36)34-31(38)39-32(4,5)6/h7-18,27H,19-21H2,1-6H3,(H,33,37)/b34-30-. The number of aromatic nitrogens is 2. The van der Waals surface area contributed by atoms with Gasteiger partial charge in [-0.3, -0.25) is 4.79 Å². The van der Waals surface area contributed by atoms with Gasteiger partial charge in [0.25, 0.3) is 0 Å². The van der Waals surface area contributed by atoms with Crippen molar-refractivity contribution in [1.29, 1.82) is 0 Å². The highest BCUT2D eigenvalue weighted by atomic mass is 16.6. The summed E-state index contributed by atoms with van der Waals surface area (Å²) in [5.74, 6) is -0.112. The van der Waals surface area contributed by atoms with E-state index in [2.05, 4.69) is 81.8 Å². The Hall–Kier alpha value is -4.13. The molecule has 1 N–H and O–H groups in total. The lowest BCUT2D eigenvalue weighted by Crippen LogP contribution is -2.37. The molecule has 4 rings (SSSR count). The van der Waals surface area contributed by atoms with Crippen molar-refractivity contribution in [2.24, 2.45) is 4.99 Å². The van der Waals surface area contributed by atoms with Crippen LogP contribution in [0.2, 0.25) is 0 Å². The third-order valence-corrected chi connectivity index (χ3v) is 6.48. The number of para-hydroxylation sites is 2. The van der Waals surface area contributed by atoms with Gasteiger partial charge in [0.1, 0.15) is 5.60 Å². The molecule has 0 spiro atoms. The van der Waals surface area contributed by atoms with Crippen LogP contribution in [0, 0.1) is 13.8 Å². The third-order valence-electron chi connectivity index (χ3n) is 6.48. The average Bonchev–Trinajstić information content (AvgIpc) is 3.15. The molecule has 4 aromatic rings. The van der Waals surface area contributed by atoms with Crippen molar-refractivity contribution in [3.05, 3.63) is 101 Å². The molecule has 2 amide bonds. The fourth-order valence-electron chi connectivity index (χ4n) is 4.63. The molecule has 0 saturated heterocycles. The van der Waals surface area contributed by atoms with Crippen LogP contribution in [0.15, 0.2) is 77.8 Å². The topological polar surface area (TPSA) is 77.6 Å². The second-order valence-electron chi connectivity index (χ2n) is 11.1. The zero-order valence-corrected chi connectivity index (χ0v) is 23.7. The molecule has 0 aliphatic heterocycles. The van der Waals surface area contributed by atoms with Crippen LogP contribution < -0.4 is 10.9 Å². The Morgan fingerprint density at radius 2 is 1.44 bits per heavy atom. The van der Waals surface area contributed by atoms with Gasteiger partial charge in [0.15, 0.2) is 0 Å². The number of aryl methyl sites for hydroxylation is 2. The van der Waals surface area contributed by atoms with E-state index in [4.69, 9.17) is 4.74 Å². The Kier molecular flexibility index (Phi) is 8.38. The van der Waals surface area contributed by atoms with E-state index >= 15 is 0 Å². The largest absolute Gasteiger partial charge is 0.442 e. The number of nitrogens with zero attached hydrogens (tertiary/aromatic N) is 3. The van der Waals surface area contributed by atoms with Crippen LogP contribution in [0.5, 0.6) is 0 Å². The van der Waals surface area contributed by atoms with Crippen molar-refractivity contribution in [1.82, 2.24) is 14.5 Å². The van der Waals surface area contributed by atoms with Crippen LogP contribution in [0.4, 0.5) is 4.79 Å². The number of fused-ring (bicyclic) bond motifs is 1. The van der Waals surface area contributed by atoms with E-state index in [1.807, 2.05) is 45.0 Å². The third kappa shape index (κ3) is 7.25. The Morgan fingerprint density at radius 1 is 0.872 bits per heavy atom. The molecule has 1 unspecified atom stereocenters. The zero-order chi connectivity index (χ0) is 28.2. The summed E-state index contributed by atoms with van der Waals surface area (Å²) >= 11 is 0. The van der Waals surface area contributed by atoms with Gasteiger partial charge in [0.05, 0.1) is 23.6 Å². The highest BCUT2D eigenvalue weighted by Crippen LogP contribution is 2.22. The number of ether oxygens (including phenoxy) is 1. The van der Waals surface area contributed by atoms with E-state index in [-0.39, 0.29) is 11.9 Å². The van der Waals surface area contributed by atoms with Gasteiger partial charge in [-0.15, -0.1) is 4.99 Å². The van der Waals surface area contributed by atoms with Crippen LogP contribution in [0.1, 0.15) is 56.0 Å². The van der Waals surface area contributed by atoms with Crippen LogP contribution in [0.3, 0.4) is 0 Å². The summed E-state index contributed by atoms with van der Waals surface area (Å²) < 4.78 is 9.75. The number of rotatable bonds is 7. The maximum Gasteiger partial charge on any atom is 0.437 e. The smallest absolute Gasteiger partial charge is 0.437 e. The number of hydrogen-bond acceptors (Lipinski definition) is 3. The Labute approximate surface area is 230 Å². The van der Waals surface area contributed by atoms with Gasteiger partial charge in [0.2, 0.25) is 11.5 Å². The highest BCUT2D eigenvalue weighted by Gasteiger charge is 2.23. The molecule has 0 fully saturated rings. The minimum absolute atomic E-state index is 0.112. The van der Waals surface area contributed by atoms with Gasteiger partial charge < -0.3 is 19.2 Å². The van der Waals surface area contributed by atoms with Crippen LogP contribution in [0.25, 0.3) is 11.0 Å². The Bertz CT molecular complexity index is 1520. The number of amides is 2. The summed E-state index contributed by atoms with van der Waals surface area (Å²) in [6.45, 7) is 12.0. The predicted octanol–water partition coefficient (Wildman–Crippen LogP) is 5.86. The quantitative estimate of drug-likeness (QED) is 0.327. The molecule has 204 valence electrons. The van der Waals surface area contributed by atoms with Gasteiger partial charge in [-0.1, -0.05) is 71.8 Å². The summed E-state index contributed by atoms with van der Waals surface area (Å²) in [5, 5.41) is 3.00. The number of hydrogen-bond donors (Lipinski definition) is 1. The van der Waals surface area contributed by atoms with E-state index in [1.165, 1.54) is 18.1 Å². The molecule has 39 heavy (non-hydrogen) atoms. The first kappa shape index (κ1) is 27.9. The molecule has 7 nitrogen and oxygen atoms in total. The monoisotopic (exact) mass is 526 g/mol. The molecule has 1 aromatic heterocycles. The second kappa shape index (κ2) is 11.7. The first-order valence-electron chi connectivity index (χ1n) is 13.3. The van der Waals surface area contributed by atoms with Gasteiger partial charge in [-0.05, 0) is 64.3 Å². The van der Waals surface area contributed by atoms with E-state index in [0.717, 1.165) is 22.2 Å². The molecular formula is C32H38N4O3. The fourth-order valence-corrected chi connectivity index (χ4v) is 4.63. The van der Waals surface area contributed by atoms with Gasteiger partial charge in [-0.25, -0.2) is 4.79 Å². The normalized spacial score (nSPS) is 12.9. The molecule has 0 bridgehead atoms. The summed E-state index contributed by atoms with van der Waals surface area (Å²) in [5.41, 5.74) is 6.24. The van der Waals surface area contributed by atoms with Crippen LogP contribution in [-0.4, -0.2) is 33.3 Å². The highest BCUT2D eigenvalue weighted by molar-refractivity contribution is 5.77. The molecule has 0 radical (unpaired) electrons. The number of imidazole rings is 1. The number of carbonyl (C=O) groups is 2. The minimum atomic E-state index is -0.684. The van der Waals surface area contributed by atoms with E-state index in [0.29, 0.717) is 25.1 Å². The van der Waals surface area contributed by atoms with E-state index in [9.17, 15) is 9.59 Å². The lowest BCUT2D eigenvalue weighted by molar-refractivity contribution is -0.119. The van der Waals surface area contributed by atoms with Gasteiger partial charge >= 0.3 is 6.09 Å². The lowest BCUT2D eigenvalue weighted by atomic mass is 10.0. The van der Waals surface area contributed by atoms with Crippen LogP contribution >= 0.6 is 0 Å². The predicted molar refractivity (Wildman–Crippen MR) is 155 cm³/mol. The number of nitrogens with one attached hydrogen (secondary N) is 1. The van der Waals surface area contributed by atoms with E-state index in [1.54, 1.807) is 0 Å². The Morgan fingerprint density at radius 3 is 2.00 bits per heavy atom. The first-order chi connectivity index (χ1) is 18.5. The number of carbonyl (C=O) groups excluding carboxylic acids is 2. The molecule has 3 aromatic carbocycles. The minimum Gasteiger partial charge on any atom is -0.442 e. The lowest BCUT2D eigenvalue weighted by Gasteiger charge is -2.21. The fraction of sp³-hybridized carbons (Fsp3) is 0.344. The molecule has 1 heterocycles. The SMILES string of the molecule is CC(=O)NCC(Cc1ccc(C)cc1)n1/c(=N\C(=O)OC(C)(C)C)n(Cc2ccc(C)cc2)c2ccccc21. The van der Waals surface area contributed by atoms with Crippen molar-refractivity contribution < 1.29 is 14.3 Å². The van der Waals surface area contributed by atoms with Crippen LogP contribution in [-0.2, 0) is 22.5 Å². The van der Waals surface area contributed by atoms with Crippen molar-refractivity contribution >= 4 is 23.0 Å². The summed E-state index contributed by atoms with van der Waals surface area (Å²) in [6, 6.07) is 24.5. The molecule has 7 heteroatoms. The van der Waals surface area contributed by atoms with Gasteiger partial charge in [0, 0.05) is 13.5 Å². The van der Waals surface area contributed by atoms with Crippen molar-refractivity contribution in [3.8, 4) is 0 Å². The maximum atomic E-state index is 13.1. The molecule has 0 aliphatic carbocycles. The Balaban J connectivity index is 1.95. The van der Waals surface area contributed by atoms with Gasteiger partial charge in [-0.2, -0.15) is 0 Å². The van der Waals surface area contributed by atoms with Crippen molar-refractivity contribution in [3.63, 3.8) is 0 Å². The number of benzene rings is 3. The first-order valence-corrected chi connectivity index (χ1v) is 13.3. The molecule has 0 saturated carbocycles. The van der Waals surface area contributed by atoms with Crippen molar-refractivity contribution in [2.45, 2.75) is 66.2 Å². The zero-order valence-electron chi connectivity index (χ0n) is 23.7. The molecule has 1 atom stereocenters.